The second kappa shape index (κ2) is 6.03. The predicted molar refractivity (Wildman–Crippen MR) is 76.6 cm³/mol. The van der Waals surface area contributed by atoms with Gasteiger partial charge in [0, 0.05) is 7.05 Å². The van der Waals surface area contributed by atoms with Crippen molar-refractivity contribution < 1.29 is 13.5 Å². The summed E-state index contributed by atoms with van der Waals surface area (Å²) >= 11 is 0. The number of aryl methyl sites for hydroxylation is 1. The third-order valence-electron chi connectivity index (χ3n) is 3.36. The average Bonchev–Trinajstić information content (AvgIpc) is 2.39. The van der Waals surface area contributed by atoms with E-state index < -0.39 is 15.6 Å². The van der Waals surface area contributed by atoms with Crippen LogP contribution in [-0.2, 0) is 16.4 Å². The first-order valence-corrected chi connectivity index (χ1v) is 7.88. The zero-order chi connectivity index (χ0) is 14.7. The van der Waals surface area contributed by atoms with E-state index in [0.717, 1.165) is 18.4 Å². The van der Waals surface area contributed by atoms with E-state index in [-0.39, 0.29) is 11.5 Å². The van der Waals surface area contributed by atoms with Gasteiger partial charge in [0.15, 0.2) is 0 Å². The van der Waals surface area contributed by atoms with Crippen LogP contribution in [0.2, 0.25) is 0 Å². The Kier molecular flexibility index (Phi) is 5.12. The fraction of sp³-hybridized carbons (Fsp3) is 0.571. The molecule has 0 fully saturated rings. The van der Waals surface area contributed by atoms with E-state index in [1.54, 1.807) is 26.0 Å². The minimum Gasteiger partial charge on any atom is -0.394 e. The van der Waals surface area contributed by atoms with Crippen LogP contribution in [-0.4, -0.2) is 37.0 Å². The number of hydrogen-bond acceptors (Lipinski definition) is 3. The molecule has 0 heterocycles. The molecule has 4 nitrogen and oxygen atoms in total. The number of rotatable bonds is 6. The second-order valence-electron chi connectivity index (χ2n) is 5.34. The third kappa shape index (κ3) is 3.55. The average molecular weight is 285 g/mol. The van der Waals surface area contributed by atoms with Crippen LogP contribution in [0.3, 0.4) is 0 Å². The number of hydrogen-bond donors (Lipinski definition) is 1. The molecule has 0 aliphatic heterocycles. The Morgan fingerprint density at radius 1 is 1.21 bits per heavy atom. The largest absolute Gasteiger partial charge is 0.394 e. The summed E-state index contributed by atoms with van der Waals surface area (Å²) in [5, 5.41) is 9.28. The Hall–Kier alpha value is -0.910. The van der Waals surface area contributed by atoms with Gasteiger partial charge in [-0.05, 0) is 38.0 Å². The molecule has 0 atom stereocenters. The van der Waals surface area contributed by atoms with Crippen molar-refractivity contribution in [1.82, 2.24) is 4.31 Å². The maximum atomic E-state index is 12.4. The minimum atomic E-state index is -3.57. The van der Waals surface area contributed by atoms with E-state index in [2.05, 4.69) is 6.92 Å². The van der Waals surface area contributed by atoms with Crippen molar-refractivity contribution in [2.75, 3.05) is 13.7 Å². The van der Waals surface area contributed by atoms with Gasteiger partial charge in [0.1, 0.15) is 0 Å². The first kappa shape index (κ1) is 16.1. The van der Waals surface area contributed by atoms with Gasteiger partial charge in [-0.1, -0.05) is 25.5 Å². The van der Waals surface area contributed by atoms with E-state index in [1.807, 2.05) is 12.1 Å². The highest BCUT2D eigenvalue weighted by molar-refractivity contribution is 7.89. The molecule has 5 heteroatoms. The summed E-state index contributed by atoms with van der Waals surface area (Å²) in [6.45, 7) is 5.24. The summed E-state index contributed by atoms with van der Waals surface area (Å²) in [5.74, 6) is 0. The van der Waals surface area contributed by atoms with Crippen LogP contribution in [0.1, 0.15) is 32.8 Å². The summed E-state index contributed by atoms with van der Waals surface area (Å²) in [6.07, 6.45) is 1.97. The van der Waals surface area contributed by atoms with Crippen molar-refractivity contribution in [1.29, 1.82) is 0 Å². The van der Waals surface area contributed by atoms with Crippen LogP contribution in [0, 0.1) is 0 Å². The van der Waals surface area contributed by atoms with Crippen LogP contribution in [0.4, 0.5) is 0 Å². The van der Waals surface area contributed by atoms with Crippen molar-refractivity contribution in [3.8, 4) is 0 Å². The predicted octanol–water partition coefficient (Wildman–Crippen LogP) is 2.03. The molecule has 0 aliphatic rings. The first-order chi connectivity index (χ1) is 8.75. The molecule has 0 aliphatic carbocycles. The van der Waals surface area contributed by atoms with E-state index in [4.69, 9.17) is 0 Å². The van der Waals surface area contributed by atoms with E-state index in [9.17, 15) is 13.5 Å². The molecule has 1 aromatic rings. The summed E-state index contributed by atoms with van der Waals surface area (Å²) in [4.78, 5) is 0.261. The van der Waals surface area contributed by atoms with Gasteiger partial charge >= 0.3 is 0 Å². The lowest BCUT2D eigenvalue weighted by Crippen LogP contribution is -2.47. The number of aliphatic hydroxyl groups is 1. The highest BCUT2D eigenvalue weighted by atomic mass is 32.2. The summed E-state index contributed by atoms with van der Waals surface area (Å²) in [7, 11) is -2.08. The van der Waals surface area contributed by atoms with Gasteiger partial charge in [0.2, 0.25) is 10.0 Å². The highest BCUT2D eigenvalue weighted by Crippen LogP contribution is 2.22. The molecule has 108 valence electrons. The number of nitrogens with zero attached hydrogens (tertiary/aromatic N) is 1. The maximum absolute atomic E-state index is 12.4. The Morgan fingerprint density at radius 2 is 1.74 bits per heavy atom. The van der Waals surface area contributed by atoms with Gasteiger partial charge in [-0.25, -0.2) is 8.42 Å². The molecule has 0 saturated heterocycles. The molecular weight excluding hydrogens is 262 g/mol. The monoisotopic (exact) mass is 285 g/mol. The third-order valence-corrected chi connectivity index (χ3v) is 5.44. The number of likely N-dealkylation sites (N-methyl/N-ethyl adjacent to an activating group) is 1. The summed E-state index contributed by atoms with van der Waals surface area (Å²) in [6, 6.07) is 6.95. The van der Waals surface area contributed by atoms with Crippen molar-refractivity contribution in [2.24, 2.45) is 0 Å². The maximum Gasteiger partial charge on any atom is 0.243 e. The van der Waals surface area contributed by atoms with Gasteiger partial charge in [0.25, 0.3) is 0 Å². The van der Waals surface area contributed by atoms with E-state index in [1.165, 1.54) is 11.4 Å². The van der Waals surface area contributed by atoms with Gasteiger partial charge in [-0.2, -0.15) is 4.31 Å². The fourth-order valence-electron chi connectivity index (χ4n) is 1.70. The smallest absolute Gasteiger partial charge is 0.243 e. The van der Waals surface area contributed by atoms with E-state index >= 15 is 0 Å². The molecule has 1 N–H and O–H groups in total. The Morgan fingerprint density at radius 3 is 2.16 bits per heavy atom. The Bertz CT molecular complexity index is 506. The molecular formula is C14H23NO3S. The lowest BCUT2D eigenvalue weighted by atomic mass is 10.1. The Labute approximate surface area is 116 Å². The molecule has 1 aromatic carbocycles. The number of benzene rings is 1. The SMILES string of the molecule is CCCc1ccc(S(=O)(=O)N(C)C(C)(C)CO)cc1. The van der Waals surface area contributed by atoms with Crippen LogP contribution in [0.25, 0.3) is 0 Å². The molecule has 0 saturated carbocycles. The molecule has 0 unspecified atom stereocenters. The van der Waals surface area contributed by atoms with Crippen LogP contribution < -0.4 is 0 Å². The van der Waals surface area contributed by atoms with Gasteiger partial charge in [-0.15, -0.1) is 0 Å². The lowest BCUT2D eigenvalue weighted by molar-refractivity contribution is 0.138. The second-order valence-corrected chi connectivity index (χ2v) is 7.31. The standard InChI is InChI=1S/C14H23NO3S/c1-5-6-12-7-9-13(10-8-12)19(17,18)15(4)14(2,3)11-16/h7-10,16H,5-6,11H2,1-4H3. The Balaban J connectivity index is 3.07. The summed E-state index contributed by atoms with van der Waals surface area (Å²) < 4.78 is 26.1. The molecule has 19 heavy (non-hydrogen) atoms. The number of aliphatic hydroxyl groups excluding tert-OH is 1. The zero-order valence-electron chi connectivity index (χ0n) is 12.0. The fourth-order valence-corrected chi connectivity index (χ4v) is 3.20. The van der Waals surface area contributed by atoms with Crippen LogP contribution in [0.15, 0.2) is 29.2 Å². The first-order valence-electron chi connectivity index (χ1n) is 6.44. The van der Waals surface area contributed by atoms with E-state index in [0.29, 0.717) is 0 Å². The zero-order valence-corrected chi connectivity index (χ0v) is 12.9. The topological polar surface area (TPSA) is 57.6 Å². The minimum absolute atomic E-state index is 0.226. The normalized spacial score (nSPS) is 12.9. The molecule has 0 aromatic heterocycles. The molecule has 0 spiro atoms. The van der Waals surface area contributed by atoms with Crippen molar-refractivity contribution in [3.63, 3.8) is 0 Å². The highest BCUT2D eigenvalue weighted by Gasteiger charge is 2.33. The molecule has 1 rings (SSSR count). The lowest BCUT2D eigenvalue weighted by Gasteiger charge is -2.32. The van der Waals surface area contributed by atoms with Crippen LogP contribution in [0.5, 0.6) is 0 Å². The molecule has 0 bridgehead atoms. The molecule has 0 amide bonds. The van der Waals surface area contributed by atoms with Gasteiger partial charge in [-0.3, -0.25) is 0 Å². The summed E-state index contributed by atoms with van der Waals surface area (Å²) in [5.41, 5.74) is 0.312. The quantitative estimate of drug-likeness (QED) is 0.870. The van der Waals surface area contributed by atoms with Crippen molar-refractivity contribution in [3.05, 3.63) is 29.8 Å². The number of sulfonamides is 1. The van der Waals surface area contributed by atoms with Crippen molar-refractivity contribution in [2.45, 2.75) is 44.0 Å². The van der Waals surface area contributed by atoms with Gasteiger partial charge in [0.05, 0.1) is 17.0 Å². The van der Waals surface area contributed by atoms with Crippen molar-refractivity contribution >= 4 is 10.0 Å². The van der Waals surface area contributed by atoms with Crippen LogP contribution >= 0.6 is 0 Å². The molecule has 0 radical (unpaired) electrons. The van der Waals surface area contributed by atoms with Gasteiger partial charge < -0.3 is 5.11 Å².